The van der Waals surface area contributed by atoms with Crippen LogP contribution in [0.4, 0.5) is 5.69 Å². The van der Waals surface area contributed by atoms with Gasteiger partial charge in [-0.3, -0.25) is 14.5 Å². The largest absolute Gasteiger partial charge is 0.480 e. The molecule has 0 spiro atoms. The van der Waals surface area contributed by atoms with Crippen LogP contribution in [0.5, 0.6) is 0 Å². The second kappa shape index (κ2) is 6.24. The van der Waals surface area contributed by atoms with Gasteiger partial charge in [0.1, 0.15) is 0 Å². The monoisotopic (exact) mass is 296 g/mol. The minimum Gasteiger partial charge on any atom is -0.480 e. The van der Waals surface area contributed by atoms with Crippen molar-refractivity contribution in [2.24, 2.45) is 0 Å². The Morgan fingerprint density at radius 2 is 2.10 bits per heavy atom. The average Bonchev–Trinajstić information content (AvgIpc) is 3.17. The summed E-state index contributed by atoms with van der Waals surface area (Å²) < 4.78 is 0. The van der Waals surface area contributed by atoms with Crippen LogP contribution >= 0.6 is 11.6 Å². The highest BCUT2D eigenvalue weighted by atomic mass is 35.5. The van der Waals surface area contributed by atoms with Crippen molar-refractivity contribution in [2.45, 2.75) is 25.8 Å². The minimum absolute atomic E-state index is 0.0862. The van der Waals surface area contributed by atoms with Crippen LogP contribution < -0.4 is 5.32 Å². The van der Waals surface area contributed by atoms with Crippen molar-refractivity contribution in [3.05, 3.63) is 28.8 Å². The minimum atomic E-state index is -0.913. The lowest BCUT2D eigenvalue weighted by molar-refractivity contribution is -0.138. The van der Waals surface area contributed by atoms with Crippen LogP contribution in [0.15, 0.2) is 18.2 Å². The molecule has 0 aromatic heterocycles. The smallest absolute Gasteiger partial charge is 0.317 e. The number of aliphatic carboxylic acids is 1. The summed E-state index contributed by atoms with van der Waals surface area (Å²) in [6.07, 6.45) is 1.91. The molecule has 1 saturated carbocycles. The van der Waals surface area contributed by atoms with Gasteiger partial charge in [-0.15, -0.1) is 0 Å². The van der Waals surface area contributed by atoms with E-state index >= 15 is 0 Å². The number of nitrogens with one attached hydrogen (secondary N) is 1. The van der Waals surface area contributed by atoms with Crippen LogP contribution in [-0.4, -0.2) is 41.0 Å². The molecular formula is C14H17ClN2O3. The van der Waals surface area contributed by atoms with Crippen molar-refractivity contribution in [3.8, 4) is 0 Å². The number of anilines is 1. The van der Waals surface area contributed by atoms with E-state index in [2.05, 4.69) is 5.32 Å². The molecule has 0 unspecified atom stereocenters. The zero-order chi connectivity index (χ0) is 14.7. The Morgan fingerprint density at radius 1 is 1.40 bits per heavy atom. The molecule has 2 rings (SSSR count). The Balaban J connectivity index is 1.97. The van der Waals surface area contributed by atoms with Gasteiger partial charge in [-0.25, -0.2) is 0 Å². The summed E-state index contributed by atoms with van der Waals surface area (Å²) in [6.45, 7) is 1.81. The van der Waals surface area contributed by atoms with E-state index < -0.39 is 5.97 Å². The third-order valence-electron chi connectivity index (χ3n) is 3.29. The highest BCUT2D eigenvalue weighted by Gasteiger charge is 2.31. The first-order chi connectivity index (χ1) is 9.47. The van der Waals surface area contributed by atoms with E-state index in [1.54, 1.807) is 23.1 Å². The highest BCUT2D eigenvalue weighted by Crippen LogP contribution is 2.27. The van der Waals surface area contributed by atoms with E-state index in [9.17, 15) is 9.59 Å². The van der Waals surface area contributed by atoms with Gasteiger partial charge >= 0.3 is 5.97 Å². The van der Waals surface area contributed by atoms with Gasteiger partial charge < -0.3 is 10.4 Å². The van der Waals surface area contributed by atoms with E-state index in [0.717, 1.165) is 18.4 Å². The Labute approximate surface area is 122 Å². The predicted molar refractivity (Wildman–Crippen MR) is 77.0 cm³/mol. The summed E-state index contributed by atoms with van der Waals surface area (Å²) in [5.74, 6) is -1.13. The summed E-state index contributed by atoms with van der Waals surface area (Å²) in [6, 6.07) is 5.52. The second-order valence-corrected chi connectivity index (χ2v) is 5.40. The fourth-order valence-electron chi connectivity index (χ4n) is 2.04. The second-order valence-electron chi connectivity index (χ2n) is 4.99. The van der Waals surface area contributed by atoms with Crippen LogP contribution in [0, 0.1) is 6.92 Å². The first kappa shape index (κ1) is 14.8. The van der Waals surface area contributed by atoms with E-state index in [1.807, 2.05) is 6.92 Å². The van der Waals surface area contributed by atoms with Crippen LogP contribution in [0.3, 0.4) is 0 Å². The molecule has 0 heterocycles. The molecule has 5 nitrogen and oxygen atoms in total. The number of carboxylic acid groups (broad SMARTS) is 1. The summed E-state index contributed by atoms with van der Waals surface area (Å²) in [7, 11) is 0. The molecule has 6 heteroatoms. The predicted octanol–water partition coefficient (Wildman–Crippen LogP) is 2.14. The van der Waals surface area contributed by atoms with E-state index in [1.165, 1.54) is 0 Å². The zero-order valence-electron chi connectivity index (χ0n) is 11.2. The van der Waals surface area contributed by atoms with Gasteiger partial charge in [0.15, 0.2) is 0 Å². The standard InChI is InChI=1S/C14H17ClN2O3/c1-9-11(15)3-2-4-12(9)16-13(18)7-17(8-14(19)20)10-5-6-10/h2-4,10H,5-8H2,1H3,(H,16,18)(H,19,20). The molecule has 2 N–H and O–H groups in total. The van der Waals surface area contributed by atoms with Crippen molar-refractivity contribution in [1.82, 2.24) is 4.90 Å². The zero-order valence-corrected chi connectivity index (χ0v) is 12.0. The van der Waals surface area contributed by atoms with Crippen molar-refractivity contribution >= 4 is 29.2 Å². The van der Waals surface area contributed by atoms with Gasteiger partial charge in [0.25, 0.3) is 0 Å². The molecule has 20 heavy (non-hydrogen) atoms. The Hall–Kier alpha value is -1.59. The maximum absolute atomic E-state index is 12.0. The maximum Gasteiger partial charge on any atom is 0.317 e. The normalized spacial score (nSPS) is 14.3. The molecule has 1 aromatic rings. The number of amides is 1. The Bertz CT molecular complexity index is 529. The lowest BCUT2D eigenvalue weighted by Crippen LogP contribution is -2.38. The molecule has 108 valence electrons. The summed E-state index contributed by atoms with van der Waals surface area (Å²) in [4.78, 5) is 24.5. The van der Waals surface area contributed by atoms with Crippen LogP contribution in [-0.2, 0) is 9.59 Å². The first-order valence-electron chi connectivity index (χ1n) is 6.48. The number of hydrogen-bond donors (Lipinski definition) is 2. The third kappa shape index (κ3) is 3.95. The molecule has 0 saturated heterocycles. The lowest BCUT2D eigenvalue weighted by Gasteiger charge is -2.19. The van der Waals surface area contributed by atoms with Gasteiger partial charge in [-0.1, -0.05) is 17.7 Å². The number of benzene rings is 1. The first-order valence-corrected chi connectivity index (χ1v) is 6.86. The van der Waals surface area contributed by atoms with Gasteiger partial charge in [0.2, 0.25) is 5.91 Å². The molecule has 0 radical (unpaired) electrons. The van der Waals surface area contributed by atoms with Crippen molar-refractivity contribution in [1.29, 1.82) is 0 Å². The molecule has 1 aromatic carbocycles. The van der Waals surface area contributed by atoms with Crippen LogP contribution in [0.1, 0.15) is 18.4 Å². The van der Waals surface area contributed by atoms with Gasteiger partial charge in [0.05, 0.1) is 13.1 Å². The SMILES string of the molecule is Cc1c(Cl)cccc1NC(=O)CN(CC(=O)O)C1CC1. The molecule has 1 aliphatic rings. The molecule has 1 aliphatic carbocycles. The van der Waals surface area contributed by atoms with E-state index in [-0.39, 0.29) is 25.0 Å². The van der Waals surface area contributed by atoms with Gasteiger partial charge in [-0.05, 0) is 37.5 Å². The quantitative estimate of drug-likeness (QED) is 0.844. The topological polar surface area (TPSA) is 69.6 Å². The molecule has 0 aliphatic heterocycles. The van der Waals surface area contributed by atoms with Gasteiger partial charge in [-0.2, -0.15) is 0 Å². The summed E-state index contributed by atoms with van der Waals surface area (Å²) >= 11 is 5.99. The van der Waals surface area contributed by atoms with E-state index in [4.69, 9.17) is 16.7 Å². The van der Waals surface area contributed by atoms with Crippen molar-refractivity contribution in [2.75, 3.05) is 18.4 Å². The van der Waals surface area contributed by atoms with Crippen LogP contribution in [0.25, 0.3) is 0 Å². The number of rotatable bonds is 6. The lowest BCUT2D eigenvalue weighted by atomic mass is 10.2. The number of carbonyl (C=O) groups excluding carboxylic acids is 1. The number of carboxylic acids is 1. The molecule has 1 amide bonds. The third-order valence-corrected chi connectivity index (χ3v) is 3.70. The number of halogens is 1. The Morgan fingerprint density at radius 3 is 2.70 bits per heavy atom. The molecular weight excluding hydrogens is 280 g/mol. The number of nitrogens with zero attached hydrogens (tertiary/aromatic N) is 1. The molecule has 1 fully saturated rings. The van der Waals surface area contributed by atoms with Crippen LogP contribution in [0.2, 0.25) is 5.02 Å². The summed E-state index contributed by atoms with van der Waals surface area (Å²) in [5.41, 5.74) is 1.47. The summed E-state index contributed by atoms with van der Waals surface area (Å²) in [5, 5.41) is 12.2. The Kier molecular flexibility index (Phi) is 4.62. The number of hydrogen-bond acceptors (Lipinski definition) is 3. The highest BCUT2D eigenvalue weighted by molar-refractivity contribution is 6.31. The number of carbonyl (C=O) groups is 2. The van der Waals surface area contributed by atoms with Crippen molar-refractivity contribution in [3.63, 3.8) is 0 Å². The fourth-order valence-corrected chi connectivity index (χ4v) is 2.22. The van der Waals surface area contributed by atoms with Crippen molar-refractivity contribution < 1.29 is 14.7 Å². The average molecular weight is 297 g/mol. The molecule has 0 atom stereocenters. The fraction of sp³-hybridized carbons (Fsp3) is 0.429. The van der Waals surface area contributed by atoms with Gasteiger partial charge in [0, 0.05) is 16.8 Å². The molecule has 0 bridgehead atoms. The maximum atomic E-state index is 12.0. The van der Waals surface area contributed by atoms with E-state index in [0.29, 0.717) is 10.7 Å².